The number of allylic oxidation sites excluding steroid dienone is 2. The van der Waals surface area contributed by atoms with Crippen LogP contribution in [-0.2, 0) is 20.9 Å². The standard InChI is InChI=1S/C23H19BrClFN2O4/c1-3-30-23(29)20-12(2)32-22(28)14(10-27)21(20)13-7-8-19(16(24)9-13)31-11-15-17(25)5-4-6-18(15)26/h4-9,21H,3,11,28H2,1-2H3. The minimum atomic E-state index is -0.779. The quantitative estimate of drug-likeness (QED) is 0.507. The molecule has 0 fully saturated rings. The summed E-state index contributed by atoms with van der Waals surface area (Å²) >= 11 is 9.49. The summed E-state index contributed by atoms with van der Waals surface area (Å²) in [5.41, 5.74) is 7.03. The maximum Gasteiger partial charge on any atom is 0.338 e. The fourth-order valence-electron chi connectivity index (χ4n) is 3.32. The van der Waals surface area contributed by atoms with Crippen LogP contribution < -0.4 is 10.5 Å². The van der Waals surface area contributed by atoms with Gasteiger partial charge in [-0.1, -0.05) is 23.7 Å². The number of nitrogens with zero attached hydrogens (tertiary/aromatic N) is 1. The molecule has 6 nitrogen and oxygen atoms in total. The number of ether oxygens (including phenoxy) is 3. The van der Waals surface area contributed by atoms with E-state index in [1.165, 1.54) is 12.1 Å². The Labute approximate surface area is 198 Å². The van der Waals surface area contributed by atoms with E-state index in [-0.39, 0.29) is 46.6 Å². The third-order valence-electron chi connectivity index (χ3n) is 4.82. The number of halogens is 3. The van der Waals surface area contributed by atoms with Crippen LogP contribution in [0, 0.1) is 17.1 Å². The van der Waals surface area contributed by atoms with Crippen LogP contribution in [0.5, 0.6) is 5.75 Å². The molecule has 0 saturated heterocycles. The first-order valence-electron chi connectivity index (χ1n) is 9.59. The Morgan fingerprint density at radius 1 is 1.38 bits per heavy atom. The Morgan fingerprint density at radius 3 is 2.75 bits per heavy atom. The van der Waals surface area contributed by atoms with Gasteiger partial charge in [0.2, 0.25) is 5.88 Å². The van der Waals surface area contributed by atoms with Crippen LogP contribution in [0.2, 0.25) is 5.02 Å². The maximum atomic E-state index is 14.0. The monoisotopic (exact) mass is 520 g/mol. The van der Waals surface area contributed by atoms with Crippen molar-refractivity contribution >= 4 is 33.5 Å². The number of rotatable bonds is 6. The molecule has 166 valence electrons. The lowest BCUT2D eigenvalue weighted by Gasteiger charge is -2.27. The normalized spacial score (nSPS) is 15.8. The number of hydrogen-bond donors (Lipinski definition) is 1. The summed E-state index contributed by atoms with van der Waals surface area (Å²) in [5, 5.41) is 9.93. The third-order valence-corrected chi connectivity index (χ3v) is 5.80. The Bertz CT molecular complexity index is 1150. The first-order chi connectivity index (χ1) is 15.3. The molecule has 2 aromatic rings. The van der Waals surface area contributed by atoms with Gasteiger partial charge in [-0.05, 0) is 59.6 Å². The fraction of sp³-hybridized carbons (Fsp3) is 0.217. The lowest BCUT2D eigenvalue weighted by Crippen LogP contribution is -2.25. The zero-order chi connectivity index (χ0) is 23.4. The van der Waals surface area contributed by atoms with Gasteiger partial charge in [0, 0.05) is 5.56 Å². The predicted molar refractivity (Wildman–Crippen MR) is 120 cm³/mol. The lowest BCUT2D eigenvalue weighted by molar-refractivity contribution is -0.139. The molecule has 0 aromatic heterocycles. The first-order valence-corrected chi connectivity index (χ1v) is 10.8. The van der Waals surface area contributed by atoms with Crippen LogP contribution >= 0.6 is 27.5 Å². The highest BCUT2D eigenvalue weighted by Gasteiger charge is 2.36. The molecule has 0 aliphatic carbocycles. The topological polar surface area (TPSA) is 94.6 Å². The molecule has 9 heteroatoms. The average molecular weight is 522 g/mol. The van der Waals surface area contributed by atoms with E-state index >= 15 is 0 Å². The molecule has 2 N–H and O–H groups in total. The van der Waals surface area contributed by atoms with Gasteiger partial charge in [0.1, 0.15) is 35.6 Å². The minimum absolute atomic E-state index is 0.0753. The molecule has 1 atom stereocenters. The molecule has 1 aliphatic heterocycles. The van der Waals surface area contributed by atoms with Crippen molar-refractivity contribution in [1.82, 2.24) is 0 Å². The van der Waals surface area contributed by atoms with Gasteiger partial charge >= 0.3 is 5.97 Å². The van der Waals surface area contributed by atoms with E-state index in [4.69, 9.17) is 31.5 Å². The van der Waals surface area contributed by atoms with Gasteiger partial charge in [-0.3, -0.25) is 0 Å². The Balaban J connectivity index is 1.95. The van der Waals surface area contributed by atoms with E-state index < -0.39 is 17.7 Å². The molecular formula is C23H19BrClFN2O4. The molecule has 0 spiro atoms. The van der Waals surface area contributed by atoms with Crippen molar-refractivity contribution in [2.45, 2.75) is 26.4 Å². The maximum absolute atomic E-state index is 14.0. The molecule has 2 aromatic carbocycles. The van der Waals surface area contributed by atoms with Crippen molar-refractivity contribution in [3.63, 3.8) is 0 Å². The second kappa shape index (κ2) is 10.1. The Morgan fingerprint density at radius 2 is 2.12 bits per heavy atom. The van der Waals surface area contributed by atoms with E-state index in [0.29, 0.717) is 15.8 Å². The molecule has 0 amide bonds. The zero-order valence-corrected chi connectivity index (χ0v) is 19.6. The van der Waals surface area contributed by atoms with Crippen molar-refractivity contribution < 1.29 is 23.4 Å². The van der Waals surface area contributed by atoms with Gasteiger partial charge < -0.3 is 19.9 Å². The number of esters is 1. The highest BCUT2D eigenvalue weighted by molar-refractivity contribution is 9.10. The summed E-state index contributed by atoms with van der Waals surface area (Å²) in [6.07, 6.45) is 0. The second-order valence-electron chi connectivity index (χ2n) is 6.79. The van der Waals surface area contributed by atoms with Crippen molar-refractivity contribution in [1.29, 1.82) is 5.26 Å². The molecule has 0 bridgehead atoms. The molecule has 0 radical (unpaired) electrons. The zero-order valence-electron chi connectivity index (χ0n) is 17.2. The van der Waals surface area contributed by atoms with Gasteiger partial charge in [-0.25, -0.2) is 9.18 Å². The van der Waals surface area contributed by atoms with E-state index in [9.17, 15) is 14.4 Å². The number of carbonyl (C=O) groups is 1. The number of hydrogen-bond acceptors (Lipinski definition) is 6. The number of benzene rings is 2. The highest BCUT2D eigenvalue weighted by atomic mass is 79.9. The summed E-state index contributed by atoms with van der Waals surface area (Å²) < 4.78 is 30.9. The van der Waals surface area contributed by atoms with Crippen LogP contribution in [0.3, 0.4) is 0 Å². The van der Waals surface area contributed by atoms with E-state index in [1.807, 2.05) is 6.07 Å². The summed E-state index contributed by atoms with van der Waals surface area (Å²) in [6.45, 7) is 3.36. The lowest BCUT2D eigenvalue weighted by atomic mass is 9.83. The molecular weight excluding hydrogens is 503 g/mol. The van der Waals surface area contributed by atoms with Crippen molar-refractivity contribution in [2.24, 2.45) is 5.73 Å². The second-order valence-corrected chi connectivity index (χ2v) is 8.06. The average Bonchev–Trinajstić information content (AvgIpc) is 2.74. The smallest absolute Gasteiger partial charge is 0.338 e. The van der Waals surface area contributed by atoms with Gasteiger partial charge in [0.15, 0.2) is 0 Å². The van der Waals surface area contributed by atoms with Gasteiger partial charge in [0.25, 0.3) is 0 Å². The van der Waals surface area contributed by atoms with Crippen molar-refractivity contribution in [3.8, 4) is 11.8 Å². The SMILES string of the molecule is CCOC(=O)C1=C(C)OC(N)=C(C#N)C1c1ccc(OCc2c(F)cccc2Cl)c(Br)c1. The number of carbonyl (C=O) groups excluding carboxylic acids is 1. The molecule has 1 heterocycles. The molecule has 3 rings (SSSR count). The van der Waals surface area contributed by atoms with E-state index in [1.54, 1.807) is 38.1 Å². The summed E-state index contributed by atoms with van der Waals surface area (Å²) in [5.74, 6) is -1.23. The number of nitrogens with two attached hydrogens (primary N) is 1. The molecule has 1 unspecified atom stereocenters. The largest absolute Gasteiger partial charge is 0.488 e. The summed E-state index contributed by atoms with van der Waals surface area (Å²) in [4.78, 5) is 12.6. The first kappa shape index (κ1) is 23.6. The Hall–Kier alpha value is -3.02. The third kappa shape index (κ3) is 4.74. The summed E-state index contributed by atoms with van der Waals surface area (Å²) in [6, 6.07) is 11.5. The van der Waals surface area contributed by atoms with E-state index in [2.05, 4.69) is 15.9 Å². The van der Waals surface area contributed by atoms with Gasteiger partial charge in [-0.2, -0.15) is 5.26 Å². The number of nitriles is 1. The summed E-state index contributed by atoms with van der Waals surface area (Å²) in [7, 11) is 0. The Kier molecular flexibility index (Phi) is 7.44. The highest BCUT2D eigenvalue weighted by Crippen LogP contribution is 2.41. The molecule has 32 heavy (non-hydrogen) atoms. The van der Waals surface area contributed by atoms with Crippen LogP contribution in [0.4, 0.5) is 4.39 Å². The molecule has 1 aliphatic rings. The van der Waals surface area contributed by atoms with Gasteiger partial charge in [-0.15, -0.1) is 0 Å². The van der Waals surface area contributed by atoms with Crippen molar-refractivity contribution in [2.75, 3.05) is 6.61 Å². The van der Waals surface area contributed by atoms with Crippen LogP contribution in [0.1, 0.15) is 30.9 Å². The van der Waals surface area contributed by atoms with Gasteiger partial charge in [0.05, 0.1) is 27.6 Å². The fourth-order valence-corrected chi connectivity index (χ4v) is 4.05. The van der Waals surface area contributed by atoms with Crippen LogP contribution in [-0.4, -0.2) is 12.6 Å². The molecule has 0 saturated carbocycles. The van der Waals surface area contributed by atoms with E-state index in [0.717, 1.165) is 0 Å². The van der Waals surface area contributed by atoms with Crippen molar-refractivity contribution in [3.05, 3.63) is 85.6 Å². The van der Waals surface area contributed by atoms with Crippen LogP contribution in [0.25, 0.3) is 0 Å². The predicted octanol–water partition coefficient (Wildman–Crippen LogP) is 5.47. The van der Waals surface area contributed by atoms with Crippen LogP contribution in [0.15, 0.2) is 63.7 Å². The minimum Gasteiger partial charge on any atom is -0.488 e.